The van der Waals surface area contributed by atoms with Crippen LogP contribution in [-0.2, 0) is 4.79 Å². The molecule has 0 unspecified atom stereocenters. The Kier molecular flexibility index (Phi) is 4.28. The van der Waals surface area contributed by atoms with E-state index >= 15 is 0 Å². The van der Waals surface area contributed by atoms with Crippen molar-refractivity contribution in [1.82, 2.24) is 5.32 Å². The normalized spacial score (nSPS) is 8.90. The van der Waals surface area contributed by atoms with E-state index in [-0.39, 0.29) is 5.78 Å². The van der Waals surface area contributed by atoms with E-state index in [4.69, 9.17) is 5.11 Å². The van der Waals surface area contributed by atoms with Crippen molar-refractivity contribution in [1.29, 1.82) is 0 Å². The zero-order valence-electron chi connectivity index (χ0n) is 5.89. The van der Waals surface area contributed by atoms with Gasteiger partial charge >= 0.3 is 6.09 Å². The second kappa shape index (κ2) is 4.78. The first-order valence-corrected chi connectivity index (χ1v) is 3.09. The van der Waals surface area contributed by atoms with Crippen LogP contribution in [0.2, 0.25) is 0 Å². The Morgan fingerprint density at radius 2 is 2.10 bits per heavy atom. The summed E-state index contributed by atoms with van der Waals surface area (Å²) in [4.78, 5) is 20.2. The van der Waals surface area contributed by atoms with Crippen LogP contribution < -0.4 is 5.32 Å². The molecule has 0 heterocycles. The Hall–Kier alpha value is -1.06. The molecular formula is C6H11NO3. The lowest BCUT2D eigenvalue weighted by atomic mass is 10.2. The van der Waals surface area contributed by atoms with Crippen LogP contribution in [0.4, 0.5) is 4.79 Å². The van der Waals surface area contributed by atoms with E-state index in [1.165, 1.54) is 6.92 Å². The standard InChI is InChI=1S/C6H11NO3/c1-5(8)3-2-4-7-6(9)10/h7H,2-4H2,1H3,(H,9,10). The molecule has 58 valence electrons. The average molecular weight is 145 g/mol. The average Bonchev–Trinajstić information content (AvgIpc) is 1.79. The Morgan fingerprint density at radius 3 is 2.50 bits per heavy atom. The monoisotopic (exact) mass is 145 g/mol. The van der Waals surface area contributed by atoms with Gasteiger partial charge in [-0.3, -0.25) is 0 Å². The van der Waals surface area contributed by atoms with Crippen LogP contribution in [0.25, 0.3) is 0 Å². The van der Waals surface area contributed by atoms with Crippen LogP contribution in [0.3, 0.4) is 0 Å². The summed E-state index contributed by atoms with van der Waals surface area (Å²) in [5.74, 6) is 0.0900. The predicted molar refractivity (Wildman–Crippen MR) is 35.9 cm³/mol. The molecule has 0 rings (SSSR count). The summed E-state index contributed by atoms with van der Waals surface area (Å²) >= 11 is 0. The van der Waals surface area contributed by atoms with Gasteiger partial charge in [0.05, 0.1) is 0 Å². The van der Waals surface area contributed by atoms with Gasteiger partial charge in [-0.05, 0) is 13.3 Å². The van der Waals surface area contributed by atoms with Gasteiger partial charge in [0.1, 0.15) is 5.78 Å². The molecule has 0 aliphatic heterocycles. The Morgan fingerprint density at radius 1 is 1.50 bits per heavy atom. The van der Waals surface area contributed by atoms with Crippen LogP contribution in [-0.4, -0.2) is 23.5 Å². The predicted octanol–water partition coefficient (Wildman–Crippen LogP) is 0.623. The summed E-state index contributed by atoms with van der Waals surface area (Å²) in [6.07, 6.45) is -0.00870. The molecule has 2 N–H and O–H groups in total. The van der Waals surface area contributed by atoms with Crippen LogP contribution in [0.15, 0.2) is 0 Å². The summed E-state index contributed by atoms with van der Waals surface area (Å²) in [7, 11) is 0. The van der Waals surface area contributed by atoms with Crippen molar-refractivity contribution in [2.45, 2.75) is 19.8 Å². The fourth-order valence-electron chi connectivity index (χ4n) is 0.533. The smallest absolute Gasteiger partial charge is 0.404 e. The topological polar surface area (TPSA) is 66.4 Å². The minimum atomic E-state index is -1.04. The quantitative estimate of drug-likeness (QED) is 0.570. The lowest BCUT2D eigenvalue weighted by Crippen LogP contribution is -2.22. The van der Waals surface area contributed by atoms with Crippen molar-refractivity contribution in [3.05, 3.63) is 0 Å². The lowest BCUT2D eigenvalue weighted by Gasteiger charge is -1.96. The van der Waals surface area contributed by atoms with Crippen molar-refractivity contribution in [2.24, 2.45) is 0 Å². The molecule has 10 heavy (non-hydrogen) atoms. The Bertz CT molecular complexity index is 117. The molecule has 0 atom stereocenters. The van der Waals surface area contributed by atoms with Crippen molar-refractivity contribution >= 4 is 11.9 Å². The zero-order chi connectivity index (χ0) is 7.98. The van der Waals surface area contributed by atoms with E-state index in [9.17, 15) is 9.59 Å². The Balaban J connectivity index is 3.06. The molecule has 0 aliphatic rings. The van der Waals surface area contributed by atoms with Crippen molar-refractivity contribution in [3.63, 3.8) is 0 Å². The van der Waals surface area contributed by atoms with Gasteiger partial charge in [0.2, 0.25) is 0 Å². The summed E-state index contributed by atoms with van der Waals surface area (Å²) in [5.41, 5.74) is 0. The molecule has 0 aromatic carbocycles. The van der Waals surface area contributed by atoms with E-state index < -0.39 is 6.09 Å². The van der Waals surface area contributed by atoms with Gasteiger partial charge in [-0.25, -0.2) is 4.79 Å². The number of carboxylic acid groups (broad SMARTS) is 1. The van der Waals surface area contributed by atoms with E-state index in [0.29, 0.717) is 19.4 Å². The molecular weight excluding hydrogens is 134 g/mol. The minimum absolute atomic E-state index is 0.0900. The summed E-state index contributed by atoms with van der Waals surface area (Å²) in [6.45, 7) is 1.84. The number of nitrogens with one attached hydrogen (secondary N) is 1. The number of amides is 1. The van der Waals surface area contributed by atoms with E-state index in [1.54, 1.807) is 0 Å². The molecule has 0 saturated heterocycles. The van der Waals surface area contributed by atoms with Gasteiger partial charge in [-0.15, -0.1) is 0 Å². The third-order valence-corrected chi connectivity index (χ3v) is 0.982. The highest BCUT2D eigenvalue weighted by Gasteiger charge is 1.94. The highest BCUT2D eigenvalue weighted by atomic mass is 16.4. The minimum Gasteiger partial charge on any atom is -0.465 e. The van der Waals surface area contributed by atoms with Crippen LogP contribution in [0, 0.1) is 0 Å². The molecule has 0 spiro atoms. The SMILES string of the molecule is CC(=O)CCCNC(=O)O. The summed E-state index contributed by atoms with van der Waals surface area (Å²) in [5, 5.41) is 10.2. The van der Waals surface area contributed by atoms with Crippen LogP contribution in [0.5, 0.6) is 0 Å². The van der Waals surface area contributed by atoms with Crippen LogP contribution in [0.1, 0.15) is 19.8 Å². The maximum absolute atomic E-state index is 10.3. The highest BCUT2D eigenvalue weighted by Crippen LogP contribution is 1.86. The van der Waals surface area contributed by atoms with E-state index in [2.05, 4.69) is 5.32 Å². The van der Waals surface area contributed by atoms with E-state index in [1.807, 2.05) is 0 Å². The van der Waals surface area contributed by atoms with Crippen LogP contribution >= 0.6 is 0 Å². The largest absolute Gasteiger partial charge is 0.465 e. The summed E-state index contributed by atoms with van der Waals surface area (Å²) in [6, 6.07) is 0. The third kappa shape index (κ3) is 6.94. The second-order valence-electron chi connectivity index (χ2n) is 2.04. The van der Waals surface area contributed by atoms with Gasteiger partial charge in [-0.2, -0.15) is 0 Å². The summed E-state index contributed by atoms with van der Waals surface area (Å²) < 4.78 is 0. The number of Topliss-reactive ketones (excluding diaryl/α,β-unsaturated/α-hetero) is 1. The van der Waals surface area contributed by atoms with Gasteiger partial charge in [0.25, 0.3) is 0 Å². The highest BCUT2D eigenvalue weighted by molar-refractivity contribution is 5.75. The maximum Gasteiger partial charge on any atom is 0.404 e. The first-order chi connectivity index (χ1) is 4.63. The molecule has 0 aromatic heterocycles. The van der Waals surface area contributed by atoms with Crippen molar-refractivity contribution in [2.75, 3.05) is 6.54 Å². The molecule has 0 saturated carbocycles. The number of carbonyl (C=O) groups excluding carboxylic acids is 1. The molecule has 0 fully saturated rings. The molecule has 1 amide bonds. The number of carbonyl (C=O) groups is 2. The fraction of sp³-hybridized carbons (Fsp3) is 0.667. The van der Waals surface area contributed by atoms with Crippen molar-refractivity contribution in [3.8, 4) is 0 Å². The number of ketones is 1. The molecule has 0 aromatic rings. The molecule has 0 bridgehead atoms. The van der Waals surface area contributed by atoms with Gasteiger partial charge in [-0.1, -0.05) is 0 Å². The first-order valence-electron chi connectivity index (χ1n) is 3.09. The molecule has 0 radical (unpaired) electrons. The Labute approximate surface area is 59.2 Å². The third-order valence-electron chi connectivity index (χ3n) is 0.982. The molecule has 4 nitrogen and oxygen atoms in total. The second-order valence-corrected chi connectivity index (χ2v) is 2.04. The van der Waals surface area contributed by atoms with Crippen molar-refractivity contribution < 1.29 is 14.7 Å². The van der Waals surface area contributed by atoms with Gasteiger partial charge < -0.3 is 15.2 Å². The van der Waals surface area contributed by atoms with Gasteiger partial charge in [0.15, 0.2) is 0 Å². The number of hydrogen-bond donors (Lipinski definition) is 2. The molecule has 4 heteroatoms. The lowest BCUT2D eigenvalue weighted by molar-refractivity contribution is -0.117. The number of hydrogen-bond acceptors (Lipinski definition) is 2. The first kappa shape index (κ1) is 8.94. The fourth-order valence-corrected chi connectivity index (χ4v) is 0.533. The maximum atomic E-state index is 10.3. The van der Waals surface area contributed by atoms with Gasteiger partial charge in [0, 0.05) is 13.0 Å². The molecule has 0 aliphatic carbocycles. The number of rotatable bonds is 4. The zero-order valence-corrected chi connectivity index (χ0v) is 5.89. The van der Waals surface area contributed by atoms with E-state index in [0.717, 1.165) is 0 Å².